The van der Waals surface area contributed by atoms with E-state index in [-0.39, 0.29) is 272 Å². The molecule has 0 rings (SSSR count). The average molecular weight is 1860 g/mol. The van der Waals surface area contributed by atoms with Crippen LogP contribution in [0.4, 0.5) is 0 Å². The van der Waals surface area contributed by atoms with Crippen molar-refractivity contribution in [1.29, 1.82) is 43.3 Å². The summed E-state index contributed by atoms with van der Waals surface area (Å²) in [5, 5.41) is 120. The minimum atomic E-state index is -1.30. The molecule has 131 heavy (non-hydrogen) atoms. The fourth-order valence-corrected chi connectivity index (χ4v) is 12.7. The summed E-state index contributed by atoms with van der Waals surface area (Å²) in [4.78, 5) is 189. The number of nitrogens with two attached hydrogens (primary N) is 8. The van der Waals surface area contributed by atoms with Crippen LogP contribution in [0.1, 0.15) is 213 Å². The predicted molar refractivity (Wildman–Crippen MR) is 497 cm³/mol. The van der Waals surface area contributed by atoms with Crippen LogP contribution < -0.4 is 163 Å². The smallest absolute Gasteiger partial charge is 0.243 e. The summed E-state index contributed by atoms with van der Waals surface area (Å²) in [5.41, 5.74) is 43.7. The van der Waals surface area contributed by atoms with Gasteiger partial charge in [0.15, 0.2) is 47.7 Å². The first-order chi connectivity index (χ1) is 62.2. The van der Waals surface area contributed by atoms with E-state index in [0.29, 0.717) is 83.7 Å². The molecule has 0 radical (unpaired) electrons. The van der Waals surface area contributed by atoms with Crippen LogP contribution in [-0.4, -0.2) is 277 Å². The molecule has 0 aromatic carbocycles. The van der Waals surface area contributed by atoms with Crippen LogP contribution in [0, 0.1) is 49.2 Å². The summed E-state index contributed by atoms with van der Waals surface area (Å²) < 4.78 is 0. The second kappa shape index (κ2) is 72.8. The lowest BCUT2D eigenvalue weighted by atomic mass is 10.1. The molecule has 744 valence electrons. The second-order valence-electron chi connectivity index (χ2n) is 31.5. The van der Waals surface area contributed by atoms with E-state index in [2.05, 4.69) is 117 Å². The van der Waals surface area contributed by atoms with E-state index in [1.807, 2.05) is 0 Å². The van der Waals surface area contributed by atoms with Gasteiger partial charge in [0.1, 0.15) is 48.1 Å². The minimum Gasteiger partial charge on any atom is -0.370 e. The Hall–Kier alpha value is -13.1. The number of hydrogen-bond acceptors (Lipinski definition) is 23. The number of ketones is 1. The minimum absolute atomic E-state index is 0.00629. The lowest BCUT2D eigenvalue weighted by molar-refractivity contribution is -0.133. The monoisotopic (exact) mass is 1860 g/mol. The zero-order valence-corrected chi connectivity index (χ0v) is 76.4. The number of hydrogen-bond donors (Lipinski definition) is 38. The van der Waals surface area contributed by atoms with Crippen molar-refractivity contribution in [3.63, 3.8) is 0 Å². The van der Waals surface area contributed by atoms with E-state index >= 15 is 0 Å². The van der Waals surface area contributed by atoms with E-state index < -0.39 is 120 Å². The van der Waals surface area contributed by atoms with Gasteiger partial charge in [0, 0.05) is 136 Å². The van der Waals surface area contributed by atoms with Crippen LogP contribution in [0.3, 0.4) is 0 Å². The first kappa shape index (κ1) is 118. The molecular formula is C79H154N38O14. The molecule has 0 saturated carbocycles. The maximum Gasteiger partial charge on any atom is 0.243 e. The summed E-state index contributed by atoms with van der Waals surface area (Å²) in [6.07, 6.45) is 6.60. The van der Waals surface area contributed by atoms with Crippen LogP contribution in [0.25, 0.3) is 0 Å². The molecule has 52 heteroatoms. The van der Waals surface area contributed by atoms with Gasteiger partial charge in [0.2, 0.25) is 76.8 Å². The molecule has 52 nitrogen and oxygen atoms in total. The zero-order chi connectivity index (χ0) is 98.3. The Morgan fingerprint density at radius 2 is 0.389 bits per heavy atom. The topological polar surface area (TPSA) is 903 Å². The van der Waals surface area contributed by atoms with Crippen molar-refractivity contribution < 1.29 is 67.1 Å². The molecule has 0 fully saturated rings. The van der Waals surface area contributed by atoms with E-state index in [1.165, 1.54) is 0 Å². The average Bonchev–Trinajstić information content (AvgIpc) is 0.886. The van der Waals surface area contributed by atoms with Crippen molar-refractivity contribution in [1.82, 2.24) is 117 Å². The number of carbonyl (C=O) groups is 14. The third-order valence-corrected chi connectivity index (χ3v) is 19.8. The number of Topliss-reactive ketones (excluding diaryl/α,β-unsaturated/α-hetero) is 1. The molecular weight excluding hydrogens is 1710 g/mol. The summed E-state index contributed by atoms with van der Waals surface area (Å²) in [7, 11) is 1.66. The molecule has 8 atom stereocenters. The number of likely N-dealkylation sites (N-methyl/N-ethyl adjacent to an activating group) is 1. The molecule has 0 heterocycles. The number of unbranched alkanes of at least 4 members (excludes halogenated alkanes) is 6. The van der Waals surface area contributed by atoms with Gasteiger partial charge < -0.3 is 163 Å². The lowest BCUT2D eigenvalue weighted by Crippen LogP contribution is -2.55. The van der Waals surface area contributed by atoms with E-state index in [0.717, 1.165) is 0 Å². The van der Waals surface area contributed by atoms with E-state index in [1.54, 1.807) is 20.9 Å². The Balaban J connectivity index is 6.30. The molecule has 8 unspecified atom stereocenters. The number of guanidine groups is 8. The number of amides is 13. The largest absolute Gasteiger partial charge is 0.370 e. The molecule has 13 amide bonds. The zero-order valence-electron chi connectivity index (χ0n) is 76.4. The predicted octanol–water partition coefficient (Wildman–Crippen LogP) is -8.15. The molecule has 0 aliphatic heterocycles. The third-order valence-electron chi connectivity index (χ3n) is 19.8. The molecule has 0 saturated heterocycles. The summed E-state index contributed by atoms with van der Waals surface area (Å²) >= 11 is 0. The summed E-state index contributed by atoms with van der Waals surface area (Å²) in [6.45, 7) is 5.34. The Bertz CT molecular complexity index is 3620. The number of rotatable bonds is 76. The van der Waals surface area contributed by atoms with Gasteiger partial charge in [0.25, 0.3) is 0 Å². The maximum absolute atomic E-state index is 14.3. The Labute approximate surface area is 766 Å². The quantitative estimate of drug-likeness (QED) is 0.0153. The standard InChI is InChI=1S/C79H154N38O14/c1-49(2)58(118)32-46-97-59(119)29-7-4-10-36-99-65(125)51(22-14-39-104-73(82)83)111-62(122)33-47-101-67(127)53(24-16-41-106-75(86)87)116-69(129)56(27-19-44-109-78(92)93)113-61(121)31-9-6-12-37-100-66(126)52(23-15-40-105-74(84)85)115-71(131)57(28-20-45-110-79(94)95)114-63(123)34-48-102-68(128)54(25-17-42-107-76(88)89)117-70(130)55(26-18-43-108-77(90)91)112-60(120)30-8-5-11-35-98-64(124)50(96-3)21-13-38-103-72(80)81/h49-57,96H,4-48H2,1-3H3,(H,97,119)(H,98,124)(H,99,125)(H,100,126)(H,101,127)(H,102,128)(H,111,122)(H,112,120)(H,113,121)(H,114,123)(H,115,131)(H,116,129)(H,117,130)(H4,80,81,103)(H4,82,83,104)(H4,84,85,105)(H4,86,87,106)(H4,88,89,107)(H4,90,91,108)(H4,92,93,109)(H4,94,95,110). The van der Waals surface area contributed by atoms with Crippen molar-refractivity contribution in [2.24, 2.45) is 51.8 Å². The van der Waals surface area contributed by atoms with Crippen LogP contribution in [0.15, 0.2) is 0 Å². The van der Waals surface area contributed by atoms with Crippen LogP contribution in [0.2, 0.25) is 0 Å². The molecule has 0 spiro atoms. The number of nitrogens with one attached hydrogen (secondary N) is 30. The molecule has 0 aromatic heterocycles. The van der Waals surface area contributed by atoms with Crippen molar-refractivity contribution in [2.45, 2.75) is 261 Å². The molecule has 0 bridgehead atoms. The third kappa shape index (κ3) is 65.2. The fourth-order valence-electron chi connectivity index (χ4n) is 12.7. The highest BCUT2D eigenvalue weighted by atomic mass is 16.2. The van der Waals surface area contributed by atoms with Crippen molar-refractivity contribution in [2.75, 3.05) is 98.7 Å². The van der Waals surface area contributed by atoms with Crippen molar-refractivity contribution in [3.8, 4) is 0 Å². The normalized spacial score (nSPS) is 12.5. The first-order valence-electron chi connectivity index (χ1n) is 44.8. The van der Waals surface area contributed by atoms with Gasteiger partial charge in [-0.15, -0.1) is 0 Å². The Morgan fingerprint density at radius 3 is 0.626 bits per heavy atom. The van der Waals surface area contributed by atoms with Crippen LogP contribution >= 0.6 is 0 Å². The molecule has 0 aliphatic rings. The van der Waals surface area contributed by atoms with E-state index in [4.69, 9.17) is 89.1 Å². The van der Waals surface area contributed by atoms with Gasteiger partial charge in [-0.05, 0) is 148 Å². The van der Waals surface area contributed by atoms with E-state index in [9.17, 15) is 67.1 Å². The van der Waals surface area contributed by atoms with Gasteiger partial charge in [-0.3, -0.25) is 110 Å². The second-order valence-corrected chi connectivity index (χ2v) is 31.5. The maximum atomic E-state index is 14.3. The fraction of sp³-hybridized carbons (Fsp3) is 0.722. The highest BCUT2D eigenvalue weighted by Crippen LogP contribution is 2.12. The molecule has 46 N–H and O–H groups in total. The lowest BCUT2D eigenvalue weighted by Gasteiger charge is -2.24. The van der Waals surface area contributed by atoms with Gasteiger partial charge in [-0.1, -0.05) is 33.1 Å². The molecule has 0 aromatic rings. The SMILES string of the molecule is CNC(CCCNC(=N)N)C(=O)NCCCCCC(=O)NC(CCCNC(=N)N)C(=O)NC(CCCNC(=N)N)C(=O)NCCC(=O)NC(CCCNC(=N)N)C(=O)NC(CCCNC(=N)N)C(=O)NCCCCCC(=O)NC(CCCNC(=N)N)C(=O)NC(CCCNC(=N)N)C(=O)NCCC(=O)NC(CCCNC(=N)N)C(=O)NCCCCCC(=O)NCCC(=O)C(C)C. The highest BCUT2D eigenvalue weighted by Gasteiger charge is 2.32. The van der Waals surface area contributed by atoms with Gasteiger partial charge in [-0.25, -0.2) is 0 Å². The number of carbonyl (C=O) groups excluding carboxylic acids is 14. The van der Waals surface area contributed by atoms with Gasteiger partial charge >= 0.3 is 0 Å². The van der Waals surface area contributed by atoms with Crippen molar-refractivity contribution in [3.05, 3.63) is 0 Å². The Morgan fingerprint density at radius 1 is 0.198 bits per heavy atom. The van der Waals surface area contributed by atoms with Crippen molar-refractivity contribution >= 4 is 130 Å². The van der Waals surface area contributed by atoms with Gasteiger partial charge in [-0.2, -0.15) is 0 Å². The summed E-state index contributed by atoms with van der Waals surface area (Å²) in [5.74, 6) is -10.1. The highest BCUT2D eigenvalue weighted by molar-refractivity contribution is 5.95. The first-order valence-corrected chi connectivity index (χ1v) is 44.8. The molecule has 0 aliphatic carbocycles. The summed E-state index contributed by atoms with van der Waals surface area (Å²) in [6, 6.07) is -8.91. The van der Waals surface area contributed by atoms with Crippen LogP contribution in [-0.2, 0) is 67.1 Å². The van der Waals surface area contributed by atoms with Gasteiger partial charge in [0.05, 0.1) is 6.04 Å². The Kier molecular flexibility index (Phi) is 65.5. The van der Waals surface area contributed by atoms with Crippen LogP contribution in [0.5, 0.6) is 0 Å².